The summed E-state index contributed by atoms with van der Waals surface area (Å²) in [6.07, 6.45) is 1.97. The topological polar surface area (TPSA) is 75.6 Å². The van der Waals surface area contributed by atoms with Gasteiger partial charge < -0.3 is 5.73 Å². The summed E-state index contributed by atoms with van der Waals surface area (Å²) in [6.45, 7) is 10.4. The summed E-state index contributed by atoms with van der Waals surface area (Å²) in [5, 5.41) is 10.6. The molecule has 0 saturated carbocycles. The zero-order valence-corrected chi connectivity index (χ0v) is 23.8. The number of hydrogen-bond acceptors (Lipinski definition) is 5. The predicted molar refractivity (Wildman–Crippen MR) is 166 cm³/mol. The van der Waals surface area contributed by atoms with Gasteiger partial charge in [0.2, 0.25) is 0 Å². The molecular formula is C34H42N4O2. The van der Waals surface area contributed by atoms with Gasteiger partial charge in [0.1, 0.15) is 0 Å². The maximum Gasteiger partial charge on any atom is 0.269 e. The average Bonchev–Trinajstić information content (AvgIpc) is 2.99. The molecule has 0 amide bonds. The number of nitro benzene ring substituents is 1. The lowest BCUT2D eigenvalue weighted by Crippen LogP contribution is -2.25. The van der Waals surface area contributed by atoms with Crippen molar-refractivity contribution < 1.29 is 4.92 Å². The Morgan fingerprint density at radius 2 is 1.00 bits per heavy atom. The van der Waals surface area contributed by atoms with Crippen LogP contribution in [-0.2, 0) is 25.9 Å². The van der Waals surface area contributed by atoms with Crippen molar-refractivity contribution in [1.29, 1.82) is 0 Å². The van der Waals surface area contributed by atoms with Gasteiger partial charge >= 0.3 is 0 Å². The van der Waals surface area contributed by atoms with Crippen LogP contribution in [0.2, 0.25) is 0 Å². The molecule has 0 spiro atoms. The Hall–Kier alpha value is -4.00. The Labute approximate surface area is 239 Å². The number of rotatable bonds is 13. The van der Waals surface area contributed by atoms with Crippen molar-refractivity contribution in [2.24, 2.45) is 0 Å². The predicted octanol–water partition coefficient (Wildman–Crippen LogP) is 6.99. The molecule has 0 saturated heterocycles. The third-order valence-corrected chi connectivity index (χ3v) is 6.95. The lowest BCUT2D eigenvalue weighted by atomic mass is 10.1. The highest BCUT2D eigenvalue weighted by molar-refractivity contribution is 5.39. The highest BCUT2D eigenvalue weighted by atomic mass is 16.6. The van der Waals surface area contributed by atoms with Crippen LogP contribution >= 0.6 is 0 Å². The van der Waals surface area contributed by atoms with Crippen molar-refractivity contribution in [2.45, 2.75) is 39.8 Å². The molecule has 0 bridgehead atoms. The second-order valence-electron chi connectivity index (χ2n) is 9.87. The molecule has 0 aliphatic carbocycles. The molecule has 40 heavy (non-hydrogen) atoms. The molecule has 4 aromatic carbocycles. The van der Waals surface area contributed by atoms with E-state index in [0.717, 1.165) is 63.4 Å². The van der Waals surface area contributed by atoms with Crippen molar-refractivity contribution in [1.82, 2.24) is 9.80 Å². The first kappa shape index (κ1) is 30.5. The Morgan fingerprint density at radius 3 is 1.38 bits per heavy atom. The molecule has 4 rings (SSSR count). The maximum absolute atomic E-state index is 10.6. The summed E-state index contributed by atoms with van der Waals surface area (Å²) in [5.41, 5.74) is 11.8. The summed E-state index contributed by atoms with van der Waals surface area (Å²) >= 11 is 0. The van der Waals surface area contributed by atoms with Crippen LogP contribution in [0.5, 0.6) is 0 Å². The van der Waals surface area contributed by atoms with Gasteiger partial charge in [-0.2, -0.15) is 0 Å². The number of nitro groups is 1. The van der Waals surface area contributed by atoms with Crippen LogP contribution in [0.25, 0.3) is 0 Å². The number of anilines is 1. The van der Waals surface area contributed by atoms with Gasteiger partial charge in [0, 0.05) is 44.0 Å². The van der Waals surface area contributed by atoms with Gasteiger partial charge in [0.05, 0.1) is 4.92 Å². The van der Waals surface area contributed by atoms with Gasteiger partial charge in [-0.25, -0.2) is 0 Å². The number of hydrogen-bond donors (Lipinski definition) is 1. The van der Waals surface area contributed by atoms with Crippen molar-refractivity contribution in [3.8, 4) is 0 Å². The maximum atomic E-state index is 10.6. The molecule has 0 heterocycles. The van der Waals surface area contributed by atoms with Crippen LogP contribution in [0.1, 0.15) is 36.1 Å². The van der Waals surface area contributed by atoms with Crippen LogP contribution < -0.4 is 5.73 Å². The summed E-state index contributed by atoms with van der Waals surface area (Å²) in [5.74, 6) is 0. The Balaban J connectivity index is 0.000000222. The fourth-order valence-electron chi connectivity index (χ4n) is 4.42. The lowest BCUT2D eigenvalue weighted by molar-refractivity contribution is -0.384. The Morgan fingerprint density at radius 1 is 0.600 bits per heavy atom. The SMILES string of the molecule is CCN(CCc1ccc(N)cc1)Cc1ccccc1.CCN(CCc1ccc([N+](=O)[O-])cc1)Cc1ccccc1. The quantitative estimate of drug-likeness (QED) is 0.113. The normalized spacial score (nSPS) is 10.8. The fraction of sp³-hybridized carbons (Fsp3) is 0.294. The van der Waals surface area contributed by atoms with Gasteiger partial charge in [0.25, 0.3) is 5.69 Å². The van der Waals surface area contributed by atoms with Crippen molar-refractivity contribution in [3.05, 3.63) is 142 Å². The zero-order valence-electron chi connectivity index (χ0n) is 23.8. The Kier molecular flexibility index (Phi) is 12.9. The number of nitrogen functional groups attached to an aromatic ring is 1. The second-order valence-corrected chi connectivity index (χ2v) is 9.87. The van der Waals surface area contributed by atoms with E-state index in [-0.39, 0.29) is 10.6 Å². The van der Waals surface area contributed by atoms with E-state index >= 15 is 0 Å². The number of non-ortho nitro benzene ring substituents is 1. The van der Waals surface area contributed by atoms with Crippen LogP contribution in [0.4, 0.5) is 11.4 Å². The van der Waals surface area contributed by atoms with E-state index in [0.29, 0.717) is 0 Å². The molecule has 0 radical (unpaired) electrons. The monoisotopic (exact) mass is 538 g/mol. The van der Waals surface area contributed by atoms with E-state index in [4.69, 9.17) is 5.73 Å². The largest absolute Gasteiger partial charge is 0.399 e. The molecule has 0 fully saturated rings. The molecule has 0 unspecified atom stereocenters. The number of nitrogens with zero attached hydrogens (tertiary/aromatic N) is 3. The molecule has 210 valence electrons. The van der Waals surface area contributed by atoms with E-state index in [1.807, 2.05) is 30.3 Å². The van der Waals surface area contributed by atoms with Gasteiger partial charge in [-0.05, 0) is 60.3 Å². The minimum absolute atomic E-state index is 0.149. The van der Waals surface area contributed by atoms with Gasteiger partial charge in [-0.1, -0.05) is 98.8 Å². The fourth-order valence-corrected chi connectivity index (χ4v) is 4.42. The van der Waals surface area contributed by atoms with Gasteiger partial charge in [-0.3, -0.25) is 19.9 Å². The Bertz CT molecular complexity index is 1250. The molecule has 0 aromatic heterocycles. The van der Waals surface area contributed by atoms with Crippen molar-refractivity contribution in [2.75, 3.05) is 31.9 Å². The first-order chi connectivity index (χ1) is 19.5. The summed E-state index contributed by atoms with van der Waals surface area (Å²) < 4.78 is 0. The molecule has 0 aliphatic heterocycles. The molecule has 6 heteroatoms. The minimum atomic E-state index is -0.364. The summed E-state index contributed by atoms with van der Waals surface area (Å²) in [7, 11) is 0. The number of nitrogens with two attached hydrogens (primary N) is 1. The van der Waals surface area contributed by atoms with Crippen LogP contribution in [-0.4, -0.2) is 40.9 Å². The lowest BCUT2D eigenvalue weighted by Gasteiger charge is -2.20. The summed E-state index contributed by atoms with van der Waals surface area (Å²) in [6, 6.07) is 36.1. The summed E-state index contributed by atoms with van der Waals surface area (Å²) in [4.78, 5) is 15.1. The smallest absolute Gasteiger partial charge is 0.269 e. The van der Waals surface area contributed by atoms with E-state index < -0.39 is 0 Å². The molecular weight excluding hydrogens is 496 g/mol. The first-order valence-electron chi connectivity index (χ1n) is 14.1. The molecule has 2 N–H and O–H groups in total. The average molecular weight is 539 g/mol. The third kappa shape index (κ3) is 11.0. The highest BCUT2D eigenvalue weighted by Crippen LogP contribution is 2.13. The zero-order chi connectivity index (χ0) is 28.6. The van der Waals surface area contributed by atoms with Gasteiger partial charge in [-0.15, -0.1) is 0 Å². The van der Waals surface area contributed by atoms with Crippen LogP contribution in [0.15, 0.2) is 109 Å². The van der Waals surface area contributed by atoms with Crippen molar-refractivity contribution >= 4 is 11.4 Å². The number of likely N-dealkylation sites (N-methyl/N-ethyl adjacent to an activating group) is 2. The van der Waals surface area contributed by atoms with E-state index in [2.05, 4.69) is 90.4 Å². The number of benzene rings is 4. The second kappa shape index (κ2) is 16.9. The van der Waals surface area contributed by atoms with E-state index in [1.165, 1.54) is 16.7 Å². The van der Waals surface area contributed by atoms with E-state index in [9.17, 15) is 10.1 Å². The molecule has 0 aliphatic rings. The van der Waals surface area contributed by atoms with Crippen LogP contribution in [0.3, 0.4) is 0 Å². The molecule has 4 aromatic rings. The van der Waals surface area contributed by atoms with Crippen molar-refractivity contribution in [3.63, 3.8) is 0 Å². The van der Waals surface area contributed by atoms with E-state index in [1.54, 1.807) is 12.1 Å². The standard InChI is InChI=1S/C17H20N2O2.C17H22N2/c1-2-18(14-16-6-4-3-5-7-16)13-12-15-8-10-17(11-9-15)19(20)21;1-2-19(14-16-6-4-3-5-7-16)13-12-15-8-10-17(18)11-9-15/h3-11H,2,12-14H2,1H3;3-11H,2,12-14,18H2,1H3. The minimum Gasteiger partial charge on any atom is -0.399 e. The van der Waals surface area contributed by atoms with Crippen LogP contribution in [0, 0.1) is 10.1 Å². The van der Waals surface area contributed by atoms with Gasteiger partial charge in [0.15, 0.2) is 0 Å². The molecule has 0 atom stereocenters. The third-order valence-electron chi connectivity index (χ3n) is 6.95. The highest BCUT2D eigenvalue weighted by Gasteiger charge is 2.07. The molecule has 6 nitrogen and oxygen atoms in total. The first-order valence-corrected chi connectivity index (χ1v) is 14.1.